The molecule has 1 atom stereocenters. The Morgan fingerprint density at radius 2 is 1.55 bits per heavy atom. The number of ether oxygens (including phenoxy) is 1. The van der Waals surface area contributed by atoms with Crippen molar-refractivity contribution >= 4 is 11.6 Å². The fourth-order valence-electron chi connectivity index (χ4n) is 2.29. The Bertz CT molecular complexity index is 582. The lowest BCUT2D eigenvalue weighted by Crippen LogP contribution is -2.13. The summed E-state index contributed by atoms with van der Waals surface area (Å²) in [5, 5.41) is 0. The molecule has 1 unspecified atom stereocenters. The number of rotatable bonds is 5. The Kier molecular flexibility index (Phi) is 4.91. The van der Waals surface area contributed by atoms with Crippen LogP contribution in [0.4, 0.5) is 0 Å². The molecule has 0 saturated heterocycles. The lowest BCUT2D eigenvalue weighted by molar-refractivity contribution is 0.176. The van der Waals surface area contributed by atoms with Gasteiger partial charge in [0.05, 0.1) is 0 Å². The van der Waals surface area contributed by atoms with E-state index in [1.54, 1.807) is 7.11 Å². The molecule has 1 nitrogen and oxygen atoms in total. The normalized spacial score (nSPS) is 13.0. The van der Waals surface area contributed by atoms with Gasteiger partial charge in [-0.2, -0.15) is 0 Å². The second-order valence-corrected chi connectivity index (χ2v) is 4.81. The largest absolute Gasteiger partial charge is 0.372 e. The van der Waals surface area contributed by atoms with E-state index >= 15 is 0 Å². The maximum absolute atomic E-state index is 5.63. The Hall–Kier alpha value is -2.12. The van der Waals surface area contributed by atoms with E-state index in [2.05, 4.69) is 43.8 Å². The Balaban J connectivity index is 2.24. The summed E-state index contributed by atoms with van der Waals surface area (Å²) in [6.07, 6.45) is 2.04. The van der Waals surface area contributed by atoms with Crippen LogP contribution < -0.4 is 0 Å². The van der Waals surface area contributed by atoms with Crippen LogP contribution in [0.25, 0.3) is 11.6 Å². The van der Waals surface area contributed by atoms with Gasteiger partial charge in [-0.25, -0.2) is 0 Å². The number of hydrogen-bond donors (Lipinski definition) is 0. The molecule has 0 N–H and O–H groups in total. The van der Waals surface area contributed by atoms with E-state index in [0.717, 1.165) is 16.7 Å². The van der Waals surface area contributed by atoms with Gasteiger partial charge in [-0.15, -0.1) is 0 Å². The molecule has 0 bridgehead atoms. The second-order valence-electron chi connectivity index (χ2n) is 4.81. The van der Waals surface area contributed by atoms with E-state index in [0.29, 0.717) is 0 Å². The van der Waals surface area contributed by atoms with Gasteiger partial charge in [0.1, 0.15) is 6.10 Å². The summed E-state index contributed by atoms with van der Waals surface area (Å²) in [5.74, 6) is 0. The molecule has 0 aliphatic heterocycles. The molecule has 2 aromatic rings. The van der Waals surface area contributed by atoms with Crippen molar-refractivity contribution in [1.29, 1.82) is 0 Å². The van der Waals surface area contributed by atoms with E-state index < -0.39 is 0 Å². The van der Waals surface area contributed by atoms with Crippen molar-refractivity contribution in [2.75, 3.05) is 7.11 Å². The first-order valence-electron chi connectivity index (χ1n) is 6.72. The monoisotopic (exact) mass is 264 g/mol. The molecule has 102 valence electrons. The smallest absolute Gasteiger partial charge is 0.103 e. The van der Waals surface area contributed by atoms with Crippen LogP contribution in [0.3, 0.4) is 0 Å². The van der Waals surface area contributed by atoms with Crippen LogP contribution in [0, 0.1) is 0 Å². The minimum Gasteiger partial charge on any atom is -0.372 e. The third-order valence-corrected chi connectivity index (χ3v) is 3.30. The fourth-order valence-corrected chi connectivity index (χ4v) is 2.29. The highest BCUT2D eigenvalue weighted by atomic mass is 16.5. The zero-order valence-electron chi connectivity index (χ0n) is 12.0. The second kappa shape index (κ2) is 6.88. The molecule has 0 fully saturated rings. The Morgan fingerprint density at radius 1 is 1.00 bits per heavy atom. The summed E-state index contributed by atoms with van der Waals surface area (Å²) in [7, 11) is 1.72. The molecule has 0 saturated carbocycles. The molecule has 2 rings (SSSR count). The van der Waals surface area contributed by atoms with Crippen LogP contribution >= 0.6 is 0 Å². The predicted octanol–water partition coefficient (Wildman–Crippen LogP) is 4.82. The average Bonchev–Trinajstić information content (AvgIpc) is 2.49. The highest BCUT2D eigenvalue weighted by Gasteiger charge is 2.15. The number of hydrogen-bond acceptors (Lipinski definition) is 1. The van der Waals surface area contributed by atoms with E-state index in [1.807, 2.05) is 36.4 Å². The molecule has 0 aliphatic carbocycles. The maximum atomic E-state index is 5.63. The van der Waals surface area contributed by atoms with Gasteiger partial charge in [0, 0.05) is 7.11 Å². The Morgan fingerprint density at radius 3 is 2.10 bits per heavy atom. The van der Waals surface area contributed by atoms with Gasteiger partial charge in [0.2, 0.25) is 0 Å². The highest BCUT2D eigenvalue weighted by Crippen LogP contribution is 2.24. The first-order chi connectivity index (χ1) is 9.72. The SMILES string of the molecule is C=C(c1ccccc1)C(OC)/C(C)=C/c1ccccc1. The van der Waals surface area contributed by atoms with Gasteiger partial charge in [0.15, 0.2) is 0 Å². The minimum atomic E-state index is -0.0994. The lowest BCUT2D eigenvalue weighted by Gasteiger charge is -2.19. The van der Waals surface area contributed by atoms with Crippen molar-refractivity contribution in [3.63, 3.8) is 0 Å². The zero-order chi connectivity index (χ0) is 14.4. The molecule has 2 aromatic carbocycles. The third-order valence-electron chi connectivity index (χ3n) is 3.30. The van der Waals surface area contributed by atoms with Gasteiger partial charge in [-0.3, -0.25) is 0 Å². The molecule has 20 heavy (non-hydrogen) atoms. The summed E-state index contributed by atoms with van der Waals surface area (Å²) in [4.78, 5) is 0. The summed E-state index contributed by atoms with van der Waals surface area (Å²) in [5.41, 5.74) is 4.42. The standard InChI is InChI=1S/C19H20O/c1-15(14-17-10-6-4-7-11-17)19(20-3)16(2)18-12-8-5-9-13-18/h4-14,19H,2H2,1,3H3/b15-14+. The molecule has 0 heterocycles. The van der Waals surface area contributed by atoms with Crippen molar-refractivity contribution in [2.24, 2.45) is 0 Å². The molecule has 0 amide bonds. The molecule has 0 aromatic heterocycles. The van der Waals surface area contributed by atoms with Gasteiger partial charge < -0.3 is 4.74 Å². The first-order valence-corrected chi connectivity index (χ1v) is 6.72. The van der Waals surface area contributed by atoms with Gasteiger partial charge in [-0.1, -0.05) is 73.3 Å². The van der Waals surface area contributed by atoms with Crippen LogP contribution in [0.5, 0.6) is 0 Å². The van der Waals surface area contributed by atoms with E-state index in [9.17, 15) is 0 Å². The lowest BCUT2D eigenvalue weighted by atomic mass is 9.96. The number of methoxy groups -OCH3 is 1. The van der Waals surface area contributed by atoms with Crippen molar-refractivity contribution in [3.05, 3.63) is 83.9 Å². The summed E-state index contributed by atoms with van der Waals surface area (Å²) in [6, 6.07) is 20.4. The maximum Gasteiger partial charge on any atom is 0.103 e. The van der Waals surface area contributed by atoms with Crippen molar-refractivity contribution < 1.29 is 4.74 Å². The van der Waals surface area contributed by atoms with Crippen molar-refractivity contribution in [1.82, 2.24) is 0 Å². The summed E-state index contributed by atoms with van der Waals surface area (Å²) in [6.45, 7) is 6.27. The van der Waals surface area contributed by atoms with Crippen LogP contribution in [-0.4, -0.2) is 13.2 Å². The molecule has 0 spiro atoms. The van der Waals surface area contributed by atoms with Crippen LogP contribution in [-0.2, 0) is 4.74 Å². The molecule has 0 aliphatic rings. The molecular weight excluding hydrogens is 244 g/mol. The topological polar surface area (TPSA) is 9.23 Å². The average molecular weight is 264 g/mol. The summed E-state index contributed by atoms with van der Waals surface area (Å²) >= 11 is 0. The zero-order valence-corrected chi connectivity index (χ0v) is 12.0. The van der Waals surface area contributed by atoms with E-state index in [4.69, 9.17) is 4.74 Å². The fraction of sp³-hybridized carbons (Fsp3) is 0.158. The van der Waals surface area contributed by atoms with E-state index in [1.165, 1.54) is 5.56 Å². The molecule has 0 radical (unpaired) electrons. The van der Waals surface area contributed by atoms with Crippen LogP contribution in [0.15, 0.2) is 72.8 Å². The third kappa shape index (κ3) is 3.46. The quantitative estimate of drug-likeness (QED) is 0.752. The van der Waals surface area contributed by atoms with Gasteiger partial charge in [-0.05, 0) is 29.2 Å². The predicted molar refractivity (Wildman–Crippen MR) is 86.4 cm³/mol. The summed E-state index contributed by atoms with van der Waals surface area (Å²) < 4.78 is 5.63. The van der Waals surface area contributed by atoms with Crippen LogP contribution in [0.2, 0.25) is 0 Å². The number of benzene rings is 2. The molecule has 1 heteroatoms. The van der Waals surface area contributed by atoms with Crippen LogP contribution in [0.1, 0.15) is 18.1 Å². The van der Waals surface area contributed by atoms with Crippen molar-refractivity contribution in [2.45, 2.75) is 13.0 Å². The Labute approximate surface area is 121 Å². The van der Waals surface area contributed by atoms with Gasteiger partial charge >= 0.3 is 0 Å². The highest BCUT2D eigenvalue weighted by molar-refractivity contribution is 5.72. The minimum absolute atomic E-state index is 0.0994. The van der Waals surface area contributed by atoms with Gasteiger partial charge in [0.25, 0.3) is 0 Å². The molecular formula is C19H20O. The first kappa shape index (κ1) is 14.3. The van der Waals surface area contributed by atoms with Crippen molar-refractivity contribution in [3.8, 4) is 0 Å². The van der Waals surface area contributed by atoms with E-state index in [-0.39, 0.29) is 6.10 Å².